The Bertz CT molecular complexity index is 756. The minimum atomic E-state index is -0.492. The average molecular weight is 351 g/mol. The van der Waals surface area contributed by atoms with Gasteiger partial charge in [0.25, 0.3) is 0 Å². The molecule has 9 atom stereocenters. The lowest BCUT2D eigenvalue weighted by Crippen LogP contribution is -2.59. The highest BCUT2D eigenvalue weighted by atomic mass is 16.3. The molecule has 0 aromatic heterocycles. The fourth-order valence-corrected chi connectivity index (χ4v) is 8.29. The van der Waals surface area contributed by atoms with Gasteiger partial charge in [0.1, 0.15) is 0 Å². The van der Waals surface area contributed by atoms with E-state index >= 15 is 0 Å². The van der Waals surface area contributed by atoms with Gasteiger partial charge in [-0.1, -0.05) is 30.3 Å². The van der Waals surface area contributed by atoms with Crippen LogP contribution < -0.4 is 5.32 Å². The molecule has 1 aromatic rings. The maximum atomic E-state index is 11.7. The third kappa shape index (κ3) is 1.72. The van der Waals surface area contributed by atoms with E-state index in [-0.39, 0.29) is 0 Å². The molecule has 2 N–H and O–H groups in total. The molecule has 5 saturated carbocycles. The molecule has 2 bridgehead atoms. The Morgan fingerprint density at radius 3 is 2.58 bits per heavy atom. The summed E-state index contributed by atoms with van der Waals surface area (Å²) in [5.74, 6) is 7.29. The topological polar surface area (TPSA) is 47.9 Å². The predicted octanol–water partition coefficient (Wildman–Crippen LogP) is 2.20. The number of hydrogen-bond donors (Lipinski definition) is 2. The van der Waals surface area contributed by atoms with E-state index in [1.807, 2.05) is 25.1 Å². The number of nitrogens with zero attached hydrogens (tertiary/aromatic N) is 2. The van der Waals surface area contributed by atoms with Gasteiger partial charge in [-0.15, -0.1) is 0 Å². The molecule has 0 amide bonds. The molecular weight excluding hydrogens is 322 g/mol. The van der Waals surface area contributed by atoms with Gasteiger partial charge in [-0.3, -0.25) is 0 Å². The Morgan fingerprint density at radius 2 is 1.81 bits per heavy atom. The van der Waals surface area contributed by atoms with Crippen molar-refractivity contribution in [3.8, 4) is 0 Å². The van der Waals surface area contributed by atoms with E-state index in [0.29, 0.717) is 24.9 Å². The number of guanidine groups is 1. The minimum Gasteiger partial charge on any atom is -0.387 e. The van der Waals surface area contributed by atoms with Gasteiger partial charge in [-0.25, -0.2) is 4.99 Å². The van der Waals surface area contributed by atoms with Crippen molar-refractivity contribution in [1.82, 2.24) is 10.2 Å². The normalized spacial score (nSPS) is 49.0. The lowest BCUT2D eigenvalue weighted by atomic mass is 9.56. The van der Waals surface area contributed by atoms with Crippen molar-refractivity contribution in [2.45, 2.75) is 25.0 Å². The van der Waals surface area contributed by atoms with Crippen LogP contribution in [0.2, 0.25) is 0 Å². The molecule has 0 spiro atoms. The summed E-state index contributed by atoms with van der Waals surface area (Å²) in [6, 6.07) is 10.4. The summed E-state index contributed by atoms with van der Waals surface area (Å²) in [6.07, 6.45) is 2.84. The highest BCUT2D eigenvalue weighted by molar-refractivity contribution is 5.79. The van der Waals surface area contributed by atoms with Crippen molar-refractivity contribution >= 4 is 5.96 Å². The molecule has 26 heavy (non-hydrogen) atoms. The fourth-order valence-electron chi connectivity index (χ4n) is 8.29. The van der Waals surface area contributed by atoms with Crippen LogP contribution in [0.3, 0.4) is 0 Å². The monoisotopic (exact) mass is 351 g/mol. The second-order valence-corrected chi connectivity index (χ2v) is 9.70. The van der Waals surface area contributed by atoms with E-state index in [9.17, 15) is 5.11 Å². The van der Waals surface area contributed by atoms with Gasteiger partial charge in [0, 0.05) is 20.6 Å². The van der Waals surface area contributed by atoms with Crippen LogP contribution in [-0.2, 0) is 6.54 Å². The first kappa shape index (κ1) is 15.5. The van der Waals surface area contributed by atoms with Crippen LogP contribution in [0.5, 0.6) is 0 Å². The number of benzene rings is 1. The number of hydrogen-bond acceptors (Lipinski definition) is 2. The Balaban J connectivity index is 1.20. The summed E-state index contributed by atoms with van der Waals surface area (Å²) in [5.41, 5.74) is 0.724. The summed E-state index contributed by atoms with van der Waals surface area (Å²) in [7, 11) is 4.06. The van der Waals surface area contributed by atoms with E-state index in [4.69, 9.17) is 4.99 Å². The van der Waals surface area contributed by atoms with E-state index in [0.717, 1.165) is 41.5 Å². The average Bonchev–Trinajstić information content (AvgIpc) is 3.14. The van der Waals surface area contributed by atoms with Crippen LogP contribution >= 0.6 is 0 Å². The first-order valence-corrected chi connectivity index (χ1v) is 10.3. The summed E-state index contributed by atoms with van der Waals surface area (Å²) < 4.78 is 0. The van der Waals surface area contributed by atoms with Gasteiger partial charge in [-0.2, -0.15) is 0 Å². The van der Waals surface area contributed by atoms with Gasteiger partial charge >= 0.3 is 0 Å². The second-order valence-electron chi connectivity index (χ2n) is 9.70. The molecule has 5 fully saturated rings. The van der Waals surface area contributed by atoms with Crippen LogP contribution in [0, 0.1) is 47.3 Å². The number of nitrogens with one attached hydrogen (secondary N) is 1. The van der Waals surface area contributed by atoms with Crippen LogP contribution in [0.1, 0.15) is 18.4 Å². The first-order valence-electron chi connectivity index (χ1n) is 10.3. The molecule has 5 aliphatic carbocycles. The largest absolute Gasteiger partial charge is 0.387 e. The van der Waals surface area contributed by atoms with E-state index < -0.39 is 5.60 Å². The zero-order chi connectivity index (χ0) is 17.6. The maximum absolute atomic E-state index is 11.7. The molecule has 0 saturated heterocycles. The van der Waals surface area contributed by atoms with Crippen molar-refractivity contribution in [3.63, 3.8) is 0 Å². The number of aliphatic hydroxyl groups is 1. The van der Waals surface area contributed by atoms with Gasteiger partial charge < -0.3 is 15.3 Å². The SMILES string of the molecule is CN(C)C(=NCc1ccccc1)NCC1(O)C2C3CC4C5C3CC2C5C41. The molecule has 9 unspecified atom stereocenters. The quantitative estimate of drug-likeness (QED) is 0.646. The smallest absolute Gasteiger partial charge is 0.193 e. The van der Waals surface area contributed by atoms with Crippen LogP contribution in [0.25, 0.3) is 0 Å². The highest BCUT2D eigenvalue weighted by Gasteiger charge is 2.84. The molecule has 0 radical (unpaired) electrons. The van der Waals surface area contributed by atoms with Crippen molar-refractivity contribution < 1.29 is 5.11 Å². The molecular formula is C22H29N3O. The predicted molar refractivity (Wildman–Crippen MR) is 101 cm³/mol. The van der Waals surface area contributed by atoms with Crippen molar-refractivity contribution in [2.24, 2.45) is 52.3 Å². The lowest BCUT2D eigenvalue weighted by molar-refractivity contribution is -0.126. The third-order valence-corrected chi connectivity index (χ3v) is 8.73. The summed E-state index contributed by atoms with van der Waals surface area (Å²) in [6.45, 7) is 1.35. The fraction of sp³-hybridized carbons (Fsp3) is 0.682. The van der Waals surface area contributed by atoms with Crippen molar-refractivity contribution in [3.05, 3.63) is 35.9 Å². The van der Waals surface area contributed by atoms with E-state index in [2.05, 4.69) is 29.6 Å². The van der Waals surface area contributed by atoms with Crippen LogP contribution in [-0.4, -0.2) is 42.2 Å². The number of aliphatic imine (C=N–C) groups is 1. The zero-order valence-electron chi connectivity index (χ0n) is 15.7. The van der Waals surface area contributed by atoms with Gasteiger partial charge in [0.2, 0.25) is 0 Å². The summed E-state index contributed by atoms with van der Waals surface area (Å²) in [5, 5.41) is 15.3. The Hall–Kier alpha value is -1.55. The molecule has 4 nitrogen and oxygen atoms in total. The molecule has 5 aliphatic rings. The third-order valence-electron chi connectivity index (χ3n) is 8.73. The lowest BCUT2D eigenvalue weighted by Gasteiger charge is -2.51. The first-order chi connectivity index (χ1) is 12.6. The van der Waals surface area contributed by atoms with Crippen molar-refractivity contribution in [1.29, 1.82) is 0 Å². The zero-order valence-corrected chi connectivity index (χ0v) is 15.7. The summed E-state index contributed by atoms with van der Waals surface area (Å²) in [4.78, 5) is 6.83. The minimum absolute atomic E-state index is 0.492. The molecule has 0 heterocycles. The summed E-state index contributed by atoms with van der Waals surface area (Å²) >= 11 is 0. The van der Waals surface area contributed by atoms with Crippen molar-refractivity contribution in [2.75, 3.05) is 20.6 Å². The molecule has 1 aromatic carbocycles. The molecule has 4 heteroatoms. The van der Waals surface area contributed by atoms with Crippen LogP contribution in [0.4, 0.5) is 0 Å². The van der Waals surface area contributed by atoms with Gasteiger partial charge in [-0.05, 0) is 65.7 Å². The second kappa shape index (κ2) is 5.03. The Labute approximate surface area is 155 Å². The molecule has 138 valence electrons. The van der Waals surface area contributed by atoms with Gasteiger partial charge in [0.05, 0.1) is 12.1 Å². The number of fused-ring (bicyclic) bond motifs is 2. The van der Waals surface area contributed by atoms with Crippen LogP contribution in [0.15, 0.2) is 35.3 Å². The number of rotatable bonds is 4. The van der Waals surface area contributed by atoms with E-state index in [1.165, 1.54) is 18.4 Å². The Kier molecular flexibility index (Phi) is 3.00. The molecule has 6 rings (SSSR count). The maximum Gasteiger partial charge on any atom is 0.193 e. The van der Waals surface area contributed by atoms with E-state index in [1.54, 1.807) is 0 Å². The Morgan fingerprint density at radius 1 is 1.08 bits per heavy atom. The standard InChI is InChI=1S/C22H29N3O/c1-25(2)21(23-10-12-6-4-3-5-7-12)24-11-22(26)19-14-9-15-17-13(14)8-16(19)18(17)20(15)22/h3-7,13-20,26H,8-11H2,1-2H3,(H,23,24). The van der Waals surface area contributed by atoms with Gasteiger partial charge in [0.15, 0.2) is 5.96 Å². The highest BCUT2D eigenvalue weighted by Crippen LogP contribution is 2.85. The molecule has 0 aliphatic heterocycles.